The normalized spacial score (nSPS) is 15.6. The van der Waals surface area contributed by atoms with Gasteiger partial charge in [-0.15, -0.1) is 0 Å². The summed E-state index contributed by atoms with van der Waals surface area (Å²) in [6, 6.07) is 6.27. The second kappa shape index (κ2) is 7.73. The Hall–Kier alpha value is -1.96. The maximum atomic E-state index is 13.2. The first-order valence-electron chi connectivity index (χ1n) is 8.44. The molecule has 0 saturated carbocycles. The SMILES string of the molecule is CN(C)C(=O)CC(O)c1cc2n(n1)CCN(Cc1ccc(F)cc1Cl)C2. The summed E-state index contributed by atoms with van der Waals surface area (Å²) in [6.07, 6.45) is -0.902. The fourth-order valence-electron chi connectivity index (χ4n) is 2.98. The molecule has 0 radical (unpaired) electrons. The fraction of sp³-hybridized carbons (Fsp3) is 0.444. The number of halogens is 2. The Balaban J connectivity index is 1.67. The van der Waals surface area contributed by atoms with E-state index < -0.39 is 6.10 Å². The molecule has 1 unspecified atom stereocenters. The number of benzene rings is 1. The van der Waals surface area contributed by atoms with Crippen LogP contribution >= 0.6 is 11.6 Å². The average Bonchev–Trinajstić information content (AvgIpc) is 3.00. The molecule has 26 heavy (non-hydrogen) atoms. The molecule has 8 heteroatoms. The number of amides is 1. The molecule has 2 aromatic rings. The maximum absolute atomic E-state index is 13.2. The zero-order valence-corrected chi connectivity index (χ0v) is 15.6. The summed E-state index contributed by atoms with van der Waals surface area (Å²) in [4.78, 5) is 15.4. The van der Waals surface area contributed by atoms with Gasteiger partial charge in [-0.05, 0) is 23.8 Å². The Morgan fingerprint density at radius 2 is 2.15 bits per heavy atom. The molecule has 1 aliphatic heterocycles. The minimum atomic E-state index is -0.914. The van der Waals surface area contributed by atoms with E-state index in [4.69, 9.17) is 11.6 Å². The topological polar surface area (TPSA) is 61.6 Å². The van der Waals surface area contributed by atoms with E-state index in [1.54, 1.807) is 20.2 Å². The third kappa shape index (κ3) is 4.23. The van der Waals surface area contributed by atoms with Crippen LogP contribution in [0.25, 0.3) is 0 Å². The monoisotopic (exact) mass is 380 g/mol. The van der Waals surface area contributed by atoms with Crippen molar-refractivity contribution in [3.63, 3.8) is 0 Å². The molecular formula is C18H22ClFN4O2. The lowest BCUT2D eigenvalue weighted by atomic mass is 10.1. The summed E-state index contributed by atoms with van der Waals surface area (Å²) in [7, 11) is 3.32. The summed E-state index contributed by atoms with van der Waals surface area (Å²) in [5.41, 5.74) is 2.36. The van der Waals surface area contributed by atoms with Gasteiger partial charge in [-0.2, -0.15) is 5.10 Å². The molecule has 0 aliphatic carbocycles. The number of hydrogen-bond acceptors (Lipinski definition) is 4. The van der Waals surface area contributed by atoms with E-state index in [1.807, 2.05) is 10.7 Å². The molecule has 1 amide bonds. The summed E-state index contributed by atoms with van der Waals surface area (Å²) in [5.74, 6) is -0.488. The van der Waals surface area contributed by atoms with Crippen molar-refractivity contribution in [3.8, 4) is 0 Å². The number of carbonyl (C=O) groups is 1. The number of nitrogens with zero attached hydrogens (tertiary/aromatic N) is 4. The minimum absolute atomic E-state index is 0.0123. The van der Waals surface area contributed by atoms with Gasteiger partial charge in [0.05, 0.1) is 24.4 Å². The predicted molar refractivity (Wildman–Crippen MR) is 96.0 cm³/mol. The van der Waals surface area contributed by atoms with Crippen LogP contribution in [0.4, 0.5) is 4.39 Å². The lowest BCUT2D eigenvalue weighted by molar-refractivity contribution is -0.130. The Morgan fingerprint density at radius 1 is 1.38 bits per heavy atom. The summed E-state index contributed by atoms with van der Waals surface area (Å²) in [5, 5.41) is 15.1. The van der Waals surface area contributed by atoms with Crippen LogP contribution in [-0.4, -0.2) is 51.2 Å². The molecule has 1 atom stereocenters. The van der Waals surface area contributed by atoms with Gasteiger partial charge in [-0.3, -0.25) is 14.4 Å². The first kappa shape index (κ1) is 18.8. The lowest BCUT2D eigenvalue weighted by Crippen LogP contribution is -2.33. The van der Waals surface area contributed by atoms with Gasteiger partial charge in [0.1, 0.15) is 11.9 Å². The van der Waals surface area contributed by atoms with Crippen molar-refractivity contribution in [2.45, 2.75) is 32.2 Å². The van der Waals surface area contributed by atoms with E-state index in [2.05, 4.69) is 10.00 Å². The van der Waals surface area contributed by atoms with E-state index in [9.17, 15) is 14.3 Å². The first-order chi connectivity index (χ1) is 12.3. The second-order valence-corrected chi connectivity index (χ2v) is 7.15. The lowest BCUT2D eigenvalue weighted by Gasteiger charge is -2.27. The molecule has 1 aromatic heterocycles. The third-order valence-corrected chi connectivity index (χ3v) is 4.86. The molecule has 0 spiro atoms. The first-order valence-corrected chi connectivity index (χ1v) is 8.82. The van der Waals surface area contributed by atoms with E-state index in [0.717, 1.165) is 17.8 Å². The summed E-state index contributed by atoms with van der Waals surface area (Å²) in [6.45, 7) is 2.72. The number of carbonyl (C=O) groups excluding carboxylic acids is 1. The van der Waals surface area contributed by atoms with E-state index >= 15 is 0 Å². The summed E-state index contributed by atoms with van der Waals surface area (Å²) < 4.78 is 15.0. The fourth-order valence-corrected chi connectivity index (χ4v) is 3.21. The average molecular weight is 381 g/mol. The highest BCUT2D eigenvalue weighted by Crippen LogP contribution is 2.24. The molecule has 1 aliphatic rings. The Kier molecular flexibility index (Phi) is 5.60. The van der Waals surface area contributed by atoms with Crippen LogP contribution in [0.1, 0.15) is 29.5 Å². The smallest absolute Gasteiger partial charge is 0.225 e. The Bertz CT molecular complexity index is 808. The predicted octanol–water partition coefficient (Wildman–Crippen LogP) is 2.20. The molecule has 1 N–H and O–H groups in total. The van der Waals surface area contributed by atoms with Gasteiger partial charge in [0, 0.05) is 38.8 Å². The van der Waals surface area contributed by atoms with Gasteiger partial charge in [-0.25, -0.2) is 4.39 Å². The molecule has 0 fully saturated rings. The molecule has 0 bridgehead atoms. The molecular weight excluding hydrogens is 359 g/mol. The molecule has 140 valence electrons. The number of aliphatic hydroxyl groups is 1. The van der Waals surface area contributed by atoms with E-state index in [1.165, 1.54) is 17.0 Å². The number of aromatic nitrogens is 2. The Morgan fingerprint density at radius 3 is 2.85 bits per heavy atom. The van der Waals surface area contributed by atoms with Crippen molar-refractivity contribution in [3.05, 3.63) is 52.1 Å². The molecule has 6 nitrogen and oxygen atoms in total. The highest BCUT2D eigenvalue weighted by atomic mass is 35.5. The van der Waals surface area contributed by atoms with Gasteiger partial charge >= 0.3 is 0 Å². The maximum Gasteiger partial charge on any atom is 0.225 e. The number of rotatable bonds is 5. The van der Waals surface area contributed by atoms with Crippen molar-refractivity contribution < 1.29 is 14.3 Å². The summed E-state index contributed by atoms with van der Waals surface area (Å²) >= 11 is 6.12. The number of aliphatic hydroxyl groups excluding tert-OH is 1. The third-order valence-electron chi connectivity index (χ3n) is 4.51. The van der Waals surface area contributed by atoms with E-state index in [0.29, 0.717) is 30.4 Å². The van der Waals surface area contributed by atoms with Gasteiger partial charge in [0.15, 0.2) is 0 Å². The standard InChI is InChI=1S/C18H22ClFN4O2/c1-22(2)18(26)9-17(25)16-8-14-11-23(5-6-24(14)21-16)10-12-3-4-13(20)7-15(12)19/h3-4,7-8,17,25H,5-6,9-11H2,1-2H3. The Labute approximate surface area is 156 Å². The second-order valence-electron chi connectivity index (χ2n) is 6.74. The van der Waals surface area contributed by atoms with Crippen LogP contribution in [0.2, 0.25) is 5.02 Å². The minimum Gasteiger partial charge on any atom is -0.386 e. The van der Waals surface area contributed by atoms with Crippen LogP contribution < -0.4 is 0 Å². The van der Waals surface area contributed by atoms with Crippen LogP contribution in [-0.2, 0) is 24.4 Å². The quantitative estimate of drug-likeness (QED) is 0.863. The van der Waals surface area contributed by atoms with Gasteiger partial charge < -0.3 is 10.0 Å². The number of fused-ring (bicyclic) bond motifs is 1. The molecule has 3 rings (SSSR count). The van der Waals surface area contributed by atoms with Crippen molar-refractivity contribution in [2.24, 2.45) is 0 Å². The van der Waals surface area contributed by atoms with Crippen molar-refractivity contribution >= 4 is 17.5 Å². The van der Waals surface area contributed by atoms with Gasteiger partial charge in [0.25, 0.3) is 0 Å². The zero-order chi connectivity index (χ0) is 18.8. The van der Waals surface area contributed by atoms with Crippen LogP contribution in [0.5, 0.6) is 0 Å². The molecule has 2 heterocycles. The highest BCUT2D eigenvalue weighted by Gasteiger charge is 2.23. The van der Waals surface area contributed by atoms with Crippen molar-refractivity contribution in [1.29, 1.82) is 0 Å². The molecule has 0 saturated heterocycles. The largest absolute Gasteiger partial charge is 0.386 e. The highest BCUT2D eigenvalue weighted by molar-refractivity contribution is 6.31. The van der Waals surface area contributed by atoms with Crippen LogP contribution in [0, 0.1) is 5.82 Å². The van der Waals surface area contributed by atoms with Crippen LogP contribution in [0.3, 0.4) is 0 Å². The van der Waals surface area contributed by atoms with E-state index in [-0.39, 0.29) is 18.1 Å². The van der Waals surface area contributed by atoms with Crippen LogP contribution in [0.15, 0.2) is 24.3 Å². The van der Waals surface area contributed by atoms with Gasteiger partial charge in [0.2, 0.25) is 5.91 Å². The van der Waals surface area contributed by atoms with Gasteiger partial charge in [-0.1, -0.05) is 17.7 Å². The number of hydrogen-bond donors (Lipinski definition) is 1. The molecule has 1 aromatic carbocycles. The van der Waals surface area contributed by atoms with Crippen molar-refractivity contribution in [1.82, 2.24) is 19.6 Å². The zero-order valence-electron chi connectivity index (χ0n) is 14.8. The van der Waals surface area contributed by atoms with Crippen molar-refractivity contribution in [2.75, 3.05) is 20.6 Å².